The van der Waals surface area contributed by atoms with Crippen molar-refractivity contribution in [3.63, 3.8) is 0 Å². The van der Waals surface area contributed by atoms with E-state index in [1.54, 1.807) is 27.4 Å². The minimum Gasteiger partial charge on any atom is -0.408 e. The molecule has 3 aromatic heterocycles. The van der Waals surface area contributed by atoms with E-state index in [1.165, 1.54) is 9.60 Å². The molecule has 2 atom stereocenters. The molecule has 0 aliphatic heterocycles. The standard InChI is InChI=1S/C17H16N4OS3/c1-11(16-18-12-6-3-4-7-13(12)25-16)20(2)10-21-17(23)22-15(19-21)14-8-5-9-24-14/h3-9,11H,10H2,1-2H3/p+1/t11-/m1/s1. The summed E-state index contributed by atoms with van der Waals surface area (Å²) < 4.78 is 8.62. The average molecular weight is 390 g/mol. The predicted octanol–water partition coefficient (Wildman–Crippen LogP) is 3.78. The van der Waals surface area contributed by atoms with E-state index in [2.05, 4.69) is 31.2 Å². The van der Waals surface area contributed by atoms with Gasteiger partial charge in [-0.3, -0.25) is 0 Å². The van der Waals surface area contributed by atoms with E-state index >= 15 is 0 Å². The number of quaternary nitrogens is 1. The number of hydrogen-bond donors (Lipinski definition) is 1. The lowest BCUT2D eigenvalue weighted by Gasteiger charge is -2.19. The molecule has 0 aliphatic rings. The van der Waals surface area contributed by atoms with Gasteiger partial charge in [-0.2, -0.15) is 4.68 Å². The number of rotatable bonds is 5. The summed E-state index contributed by atoms with van der Waals surface area (Å²) >= 11 is 8.67. The molecule has 0 saturated heterocycles. The highest BCUT2D eigenvalue weighted by Crippen LogP contribution is 2.25. The van der Waals surface area contributed by atoms with Gasteiger partial charge in [0, 0.05) is 0 Å². The van der Waals surface area contributed by atoms with Crippen LogP contribution in [0.15, 0.2) is 46.2 Å². The zero-order valence-electron chi connectivity index (χ0n) is 13.8. The maximum atomic E-state index is 5.64. The van der Waals surface area contributed by atoms with Crippen LogP contribution in [-0.4, -0.2) is 21.8 Å². The van der Waals surface area contributed by atoms with E-state index < -0.39 is 0 Å². The van der Waals surface area contributed by atoms with Gasteiger partial charge in [0.05, 0.1) is 22.1 Å². The van der Waals surface area contributed by atoms with Gasteiger partial charge in [-0.15, -0.1) is 27.8 Å². The van der Waals surface area contributed by atoms with Gasteiger partial charge < -0.3 is 9.32 Å². The molecule has 128 valence electrons. The Morgan fingerprint density at radius 2 is 2.12 bits per heavy atom. The van der Waals surface area contributed by atoms with Crippen molar-refractivity contribution in [3.8, 4) is 10.8 Å². The molecule has 0 fully saturated rings. The van der Waals surface area contributed by atoms with Crippen LogP contribution >= 0.6 is 34.9 Å². The third-order valence-corrected chi connectivity index (χ3v) is 6.53. The smallest absolute Gasteiger partial charge is 0.292 e. The Labute approximate surface area is 158 Å². The van der Waals surface area contributed by atoms with Crippen LogP contribution in [0.1, 0.15) is 18.0 Å². The minimum atomic E-state index is 0.237. The van der Waals surface area contributed by atoms with E-state index in [-0.39, 0.29) is 6.04 Å². The number of benzene rings is 1. The van der Waals surface area contributed by atoms with Gasteiger partial charge in [-0.05, 0) is 42.7 Å². The number of nitrogens with zero attached hydrogens (tertiary/aromatic N) is 3. The van der Waals surface area contributed by atoms with Crippen LogP contribution in [-0.2, 0) is 6.67 Å². The Balaban J connectivity index is 1.55. The monoisotopic (exact) mass is 389 g/mol. The van der Waals surface area contributed by atoms with E-state index in [4.69, 9.17) is 21.6 Å². The maximum absolute atomic E-state index is 5.64. The van der Waals surface area contributed by atoms with Gasteiger partial charge in [-0.25, -0.2) is 4.98 Å². The molecule has 4 rings (SSSR count). The molecule has 0 aliphatic carbocycles. The van der Waals surface area contributed by atoms with Gasteiger partial charge in [0.15, 0.2) is 11.7 Å². The minimum absolute atomic E-state index is 0.237. The van der Waals surface area contributed by atoms with E-state index in [0.29, 0.717) is 17.4 Å². The maximum Gasteiger partial charge on any atom is 0.292 e. The van der Waals surface area contributed by atoms with Crippen molar-refractivity contribution in [2.75, 3.05) is 7.05 Å². The quantitative estimate of drug-likeness (QED) is 0.528. The second kappa shape index (κ2) is 6.80. The molecule has 8 heteroatoms. The molecule has 3 heterocycles. The molecule has 5 nitrogen and oxygen atoms in total. The summed E-state index contributed by atoms with van der Waals surface area (Å²) in [5.74, 6) is 0.584. The van der Waals surface area contributed by atoms with Crippen molar-refractivity contribution in [2.24, 2.45) is 0 Å². The summed E-state index contributed by atoms with van der Waals surface area (Å²) in [5.41, 5.74) is 1.06. The van der Waals surface area contributed by atoms with Crippen LogP contribution < -0.4 is 4.90 Å². The molecule has 1 N–H and O–H groups in total. The van der Waals surface area contributed by atoms with Crippen LogP contribution in [0.5, 0.6) is 0 Å². The van der Waals surface area contributed by atoms with Crippen molar-refractivity contribution in [1.29, 1.82) is 0 Å². The zero-order chi connectivity index (χ0) is 17.4. The Morgan fingerprint density at radius 1 is 1.28 bits per heavy atom. The zero-order valence-corrected chi connectivity index (χ0v) is 16.3. The Morgan fingerprint density at radius 3 is 2.88 bits per heavy atom. The molecular formula is C17H17N4OS3+. The summed E-state index contributed by atoms with van der Waals surface area (Å²) in [5, 5.41) is 7.65. The Kier molecular flexibility index (Phi) is 4.51. The molecule has 0 amide bonds. The first kappa shape index (κ1) is 16.6. The molecule has 0 saturated carbocycles. The highest BCUT2D eigenvalue weighted by Gasteiger charge is 2.21. The number of thiazole rings is 1. The lowest BCUT2D eigenvalue weighted by molar-refractivity contribution is -0.933. The first-order valence-corrected chi connectivity index (χ1v) is 10.0. The van der Waals surface area contributed by atoms with Crippen molar-refractivity contribution in [1.82, 2.24) is 14.8 Å². The predicted molar refractivity (Wildman–Crippen MR) is 104 cm³/mol. The third kappa shape index (κ3) is 3.30. The highest BCUT2D eigenvalue weighted by atomic mass is 32.1. The first-order valence-electron chi connectivity index (χ1n) is 7.91. The third-order valence-electron chi connectivity index (χ3n) is 4.16. The molecule has 0 spiro atoms. The normalized spacial score (nSPS) is 14.0. The Bertz CT molecular complexity index is 1010. The van der Waals surface area contributed by atoms with Crippen molar-refractivity contribution in [3.05, 3.63) is 51.6 Å². The first-order chi connectivity index (χ1) is 12.1. The lowest BCUT2D eigenvalue weighted by Crippen LogP contribution is -3.08. The van der Waals surface area contributed by atoms with E-state index in [0.717, 1.165) is 15.4 Å². The van der Waals surface area contributed by atoms with Gasteiger partial charge in [0.2, 0.25) is 0 Å². The van der Waals surface area contributed by atoms with Crippen molar-refractivity contribution >= 4 is 45.1 Å². The molecule has 0 radical (unpaired) electrons. The van der Waals surface area contributed by atoms with Crippen LogP contribution in [0.2, 0.25) is 0 Å². The van der Waals surface area contributed by atoms with E-state index in [1.807, 2.05) is 29.6 Å². The Hall–Kier alpha value is -1.87. The number of nitrogens with one attached hydrogen (secondary N) is 1. The van der Waals surface area contributed by atoms with Crippen LogP contribution in [0.25, 0.3) is 21.0 Å². The number of hydrogen-bond acceptors (Lipinski definition) is 6. The summed E-state index contributed by atoms with van der Waals surface area (Å²) in [6.07, 6.45) is 0. The second-order valence-corrected chi connectivity index (χ2v) is 8.26. The molecule has 1 aromatic carbocycles. The van der Waals surface area contributed by atoms with Gasteiger partial charge in [0.1, 0.15) is 6.04 Å². The molecular weight excluding hydrogens is 372 g/mol. The average Bonchev–Trinajstić information content (AvgIpc) is 3.33. The summed E-state index contributed by atoms with van der Waals surface area (Å²) in [6, 6.07) is 12.4. The summed E-state index contributed by atoms with van der Waals surface area (Å²) in [4.78, 5) is 7.40. The van der Waals surface area contributed by atoms with E-state index in [9.17, 15) is 0 Å². The van der Waals surface area contributed by atoms with Crippen LogP contribution in [0.3, 0.4) is 0 Å². The number of fused-ring (bicyclic) bond motifs is 1. The van der Waals surface area contributed by atoms with Crippen molar-refractivity contribution < 1.29 is 9.32 Å². The van der Waals surface area contributed by atoms with Gasteiger partial charge >= 0.3 is 0 Å². The molecule has 25 heavy (non-hydrogen) atoms. The highest BCUT2D eigenvalue weighted by molar-refractivity contribution is 7.71. The summed E-state index contributed by atoms with van der Waals surface area (Å²) in [6.45, 7) is 2.81. The van der Waals surface area contributed by atoms with Gasteiger partial charge in [-0.1, -0.05) is 18.2 Å². The number of aromatic nitrogens is 3. The SMILES string of the molecule is C[C@H](c1nc2ccccc2s1)[NH+](C)Cn1nc(-c2cccs2)oc1=S. The largest absolute Gasteiger partial charge is 0.408 e. The van der Waals surface area contributed by atoms with Crippen LogP contribution in [0, 0.1) is 4.84 Å². The van der Waals surface area contributed by atoms with Crippen LogP contribution in [0.4, 0.5) is 0 Å². The second-order valence-electron chi connectivity index (χ2n) is 5.90. The summed E-state index contributed by atoms with van der Waals surface area (Å²) in [7, 11) is 2.12. The molecule has 4 aromatic rings. The molecule has 1 unspecified atom stereocenters. The molecule has 0 bridgehead atoms. The fourth-order valence-electron chi connectivity index (χ4n) is 2.57. The fourth-order valence-corrected chi connectivity index (χ4v) is 4.51. The topological polar surface area (TPSA) is 48.3 Å². The van der Waals surface area contributed by atoms with Gasteiger partial charge in [0.25, 0.3) is 10.7 Å². The number of para-hydroxylation sites is 1. The number of thiophene rings is 1. The lowest BCUT2D eigenvalue weighted by atomic mass is 10.3. The van der Waals surface area contributed by atoms with Crippen molar-refractivity contribution in [2.45, 2.75) is 19.6 Å². The fraction of sp³-hybridized carbons (Fsp3) is 0.235.